The quantitative estimate of drug-likeness (QED) is 0.560. The monoisotopic (exact) mass is 475 g/mol. The molecule has 33 heavy (non-hydrogen) atoms. The van der Waals surface area contributed by atoms with Crippen molar-refractivity contribution in [2.75, 3.05) is 53.7 Å². The summed E-state index contributed by atoms with van der Waals surface area (Å²) in [4.78, 5) is 22.7. The van der Waals surface area contributed by atoms with E-state index in [1.165, 1.54) is 7.11 Å². The van der Waals surface area contributed by atoms with Crippen LogP contribution in [-0.2, 0) is 4.74 Å². The third kappa shape index (κ3) is 5.40. The number of hydrogen-bond acceptors (Lipinski definition) is 7. The number of benzene rings is 2. The van der Waals surface area contributed by atoms with Gasteiger partial charge in [-0.25, -0.2) is 4.98 Å². The molecule has 0 bridgehead atoms. The van der Waals surface area contributed by atoms with Crippen LogP contribution in [0.4, 0.5) is 0 Å². The summed E-state index contributed by atoms with van der Waals surface area (Å²) in [6.45, 7) is 8.94. The van der Waals surface area contributed by atoms with Crippen LogP contribution in [0.25, 0.3) is 22.3 Å². The van der Waals surface area contributed by atoms with E-state index in [9.17, 15) is 4.79 Å². The Morgan fingerprint density at radius 1 is 1.06 bits per heavy atom. The lowest BCUT2D eigenvalue weighted by Crippen LogP contribution is -2.38. The molecule has 1 aromatic heterocycles. The van der Waals surface area contributed by atoms with Crippen molar-refractivity contribution >= 4 is 23.3 Å². The summed E-state index contributed by atoms with van der Waals surface area (Å²) in [5.41, 5.74) is 3.06. The number of aromatic amines is 1. The van der Waals surface area contributed by atoms with Crippen molar-refractivity contribution in [2.24, 2.45) is 0 Å². The number of aromatic nitrogens is 2. The van der Waals surface area contributed by atoms with Crippen LogP contribution < -0.4 is 19.8 Å². The summed E-state index contributed by atoms with van der Waals surface area (Å²) in [7, 11) is 3.09. The normalized spacial score (nSPS) is 14.1. The van der Waals surface area contributed by atoms with Gasteiger partial charge in [-0.1, -0.05) is 0 Å². The molecule has 0 aliphatic carbocycles. The van der Waals surface area contributed by atoms with E-state index in [2.05, 4.69) is 14.9 Å². The molecule has 8 nitrogen and oxygen atoms in total. The molecule has 1 fully saturated rings. The van der Waals surface area contributed by atoms with Gasteiger partial charge in [-0.15, -0.1) is 12.4 Å². The number of fused-ring (bicyclic) bond motifs is 1. The Morgan fingerprint density at radius 2 is 1.76 bits per heavy atom. The highest BCUT2D eigenvalue weighted by Crippen LogP contribution is 2.31. The van der Waals surface area contributed by atoms with Gasteiger partial charge in [-0.05, 0) is 37.1 Å². The highest BCUT2D eigenvalue weighted by atomic mass is 35.5. The number of nitrogens with one attached hydrogen (secondary N) is 1. The van der Waals surface area contributed by atoms with Crippen LogP contribution in [0.1, 0.15) is 11.1 Å². The van der Waals surface area contributed by atoms with Crippen molar-refractivity contribution in [3.05, 3.63) is 45.7 Å². The number of methoxy groups -OCH3 is 2. The third-order valence-electron chi connectivity index (χ3n) is 5.69. The van der Waals surface area contributed by atoms with Crippen LogP contribution in [0.3, 0.4) is 0 Å². The second kappa shape index (κ2) is 10.9. The minimum absolute atomic E-state index is 0. The fourth-order valence-electron chi connectivity index (χ4n) is 4.04. The van der Waals surface area contributed by atoms with Gasteiger partial charge in [0.2, 0.25) is 0 Å². The molecule has 0 amide bonds. The van der Waals surface area contributed by atoms with Crippen LogP contribution in [0.5, 0.6) is 17.2 Å². The summed E-state index contributed by atoms with van der Waals surface area (Å²) >= 11 is 0. The van der Waals surface area contributed by atoms with E-state index in [1.54, 1.807) is 19.2 Å². The number of H-pyrrole nitrogens is 1. The standard InChI is InChI=1S/C24H29N3O5.ClH/c1-15-11-17(12-16(2)22(15)32-10-7-27-5-8-31-9-6-27)23-25-19-13-18(29-3)14-20(30-4)21(19)24(28)26-23;/h11-14H,5-10H2,1-4H3,(H,25,26,28);1H. The summed E-state index contributed by atoms with van der Waals surface area (Å²) in [5, 5.41) is 0.397. The molecule has 0 saturated carbocycles. The molecule has 178 valence electrons. The van der Waals surface area contributed by atoms with Gasteiger partial charge in [0, 0.05) is 37.3 Å². The van der Waals surface area contributed by atoms with Crippen LogP contribution >= 0.6 is 12.4 Å². The topological polar surface area (TPSA) is 85.9 Å². The van der Waals surface area contributed by atoms with E-state index < -0.39 is 0 Å². The first-order valence-electron chi connectivity index (χ1n) is 10.7. The van der Waals surface area contributed by atoms with Crippen molar-refractivity contribution < 1.29 is 18.9 Å². The second-order valence-electron chi connectivity index (χ2n) is 7.88. The smallest absolute Gasteiger partial charge is 0.262 e. The lowest BCUT2D eigenvalue weighted by atomic mass is 10.0. The van der Waals surface area contributed by atoms with Crippen molar-refractivity contribution in [1.82, 2.24) is 14.9 Å². The highest BCUT2D eigenvalue weighted by Gasteiger charge is 2.15. The molecule has 2 aromatic carbocycles. The molecule has 0 radical (unpaired) electrons. The number of nitrogens with zero attached hydrogens (tertiary/aromatic N) is 2. The first-order valence-corrected chi connectivity index (χ1v) is 10.7. The van der Waals surface area contributed by atoms with Crippen LogP contribution in [0.2, 0.25) is 0 Å². The van der Waals surface area contributed by atoms with Crippen molar-refractivity contribution in [3.8, 4) is 28.6 Å². The first kappa shape index (κ1) is 24.8. The Labute approximate surface area is 199 Å². The molecule has 1 N–H and O–H groups in total. The van der Waals surface area contributed by atoms with E-state index in [0.29, 0.717) is 34.8 Å². The van der Waals surface area contributed by atoms with E-state index in [4.69, 9.17) is 18.9 Å². The summed E-state index contributed by atoms with van der Waals surface area (Å²) in [5.74, 6) is 2.36. The lowest BCUT2D eigenvalue weighted by molar-refractivity contribution is 0.0322. The molecule has 2 heterocycles. The Bertz CT molecular complexity index is 1150. The Balaban J connectivity index is 0.00000306. The molecule has 3 aromatic rings. The molecule has 0 atom stereocenters. The first-order chi connectivity index (χ1) is 15.5. The van der Waals surface area contributed by atoms with Gasteiger partial charge >= 0.3 is 0 Å². The zero-order chi connectivity index (χ0) is 22.7. The fraction of sp³-hybridized carbons (Fsp3) is 0.417. The van der Waals surface area contributed by atoms with Crippen molar-refractivity contribution in [3.63, 3.8) is 0 Å². The highest BCUT2D eigenvalue weighted by molar-refractivity contribution is 5.87. The average Bonchev–Trinajstić information content (AvgIpc) is 2.80. The second-order valence-corrected chi connectivity index (χ2v) is 7.88. The largest absolute Gasteiger partial charge is 0.497 e. The zero-order valence-electron chi connectivity index (χ0n) is 19.4. The van der Waals surface area contributed by atoms with Gasteiger partial charge in [0.1, 0.15) is 35.1 Å². The summed E-state index contributed by atoms with van der Waals surface area (Å²) < 4.78 is 22.2. The molecular formula is C24H30ClN3O5. The molecule has 0 spiro atoms. The van der Waals surface area contributed by atoms with E-state index in [0.717, 1.165) is 55.3 Å². The van der Waals surface area contributed by atoms with Gasteiger partial charge in [0.05, 0.1) is 33.0 Å². The minimum Gasteiger partial charge on any atom is -0.497 e. The summed E-state index contributed by atoms with van der Waals surface area (Å²) in [6, 6.07) is 7.38. The lowest BCUT2D eigenvalue weighted by Gasteiger charge is -2.26. The predicted octanol–water partition coefficient (Wildman–Crippen LogP) is 3.36. The van der Waals surface area contributed by atoms with Crippen LogP contribution in [0, 0.1) is 13.8 Å². The maximum Gasteiger partial charge on any atom is 0.262 e. The molecular weight excluding hydrogens is 446 g/mol. The molecule has 0 unspecified atom stereocenters. The maximum absolute atomic E-state index is 12.8. The number of hydrogen-bond donors (Lipinski definition) is 1. The maximum atomic E-state index is 12.8. The zero-order valence-corrected chi connectivity index (χ0v) is 20.2. The van der Waals surface area contributed by atoms with Gasteiger partial charge < -0.3 is 23.9 Å². The van der Waals surface area contributed by atoms with E-state index >= 15 is 0 Å². The number of halogens is 1. The molecule has 1 aliphatic heterocycles. The Hall–Kier alpha value is -2.81. The van der Waals surface area contributed by atoms with Gasteiger partial charge in [0.15, 0.2) is 0 Å². The van der Waals surface area contributed by atoms with Crippen molar-refractivity contribution in [2.45, 2.75) is 13.8 Å². The predicted molar refractivity (Wildman–Crippen MR) is 130 cm³/mol. The van der Waals surface area contributed by atoms with E-state index in [-0.39, 0.29) is 18.0 Å². The number of aryl methyl sites for hydroxylation is 2. The van der Waals surface area contributed by atoms with Gasteiger partial charge in [0.25, 0.3) is 5.56 Å². The fourth-order valence-corrected chi connectivity index (χ4v) is 4.04. The molecule has 1 saturated heterocycles. The minimum atomic E-state index is -0.259. The average molecular weight is 476 g/mol. The number of morpholine rings is 1. The summed E-state index contributed by atoms with van der Waals surface area (Å²) in [6.07, 6.45) is 0. The Kier molecular flexibility index (Phi) is 8.18. The van der Waals surface area contributed by atoms with Crippen molar-refractivity contribution in [1.29, 1.82) is 0 Å². The molecule has 9 heteroatoms. The molecule has 4 rings (SSSR count). The van der Waals surface area contributed by atoms with Gasteiger partial charge in [-0.3, -0.25) is 9.69 Å². The van der Waals surface area contributed by atoms with Gasteiger partial charge in [-0.2, -0.15) is 0 Å². The number of rotatable bonds is 7. The van der Waals surface area contributed by atoms with Crippen LogP contribution in [-0.4, -0.2) is 68.5 Å². The van der Waals surface area contributed by atoms with E-state index in [1.807, 2.05) is 26.0 Å². The SMILES string of the molecule is COc1cc(OC)c2c(=O)[nH]c(-c3cc(C)c(OCCN4CCOCC4)c(C)c3)nc2c1.Cl. The third-order valence-corrected chi connectivity index (χ3v) is 5.69. The Morgan fingerprint density at radius 3 is 2.39 bits per heavy atom. The molecule has 1 aliphatic rings. The van der Waals surface area contributed by atoms with Crippen LogP contribution in [0.15, 0.2) is 29.1 Å². The number of ether oxygens (including phenoxy) is 4.